The Morgan fingerprint density at radius 3 is 1.36 bits per heavy atom. The summed E-state index contributed by atoms with van der Waals surface area (Å²) in [7, 11) is 2.84. The molecule has 6 nitrogen and oxygen atoms in total. The van der Waals surface area contributed by atoms with Gasteiger partial charge in [0.1, 0.15) is 0 Å². The zero-order valence-corrected chi connectivity index (χ0v) is 28.7. The molecule has 0 heterocycles. The number of aliphatic carboxylic acids is 1. The molecule has 0 bridgehead atoms. The highest BCUT2D eigenvalue weighted by atomic mass is 16.5. The predicted molar refractivity (Wildman–Crippen MR) is 159 cm³/mol. The summed E-state index contributed by atoms with van der Waals surface area (Å²) >= 11 is 0. The van der Waals surface area contributed by atoms with Crippen molar-refractivity contribution in [1.29, 1.82) is 0 Å². The summed E-state index contributed by atoms with van der Waals surface area (Å²) < 4.78 is 10.7. The second-order valence-corrected chi connectivity index (χ2v) is 17.0. The maximum Gasteiger partial charge on any atom is 0.312 e. The number of hydrogen-bond acceptors (Lipinski definition) is 5. The number of ether oxygens (including phenoxy) is 2. The van der Waals surface area contributed by atoms with E-state index in [1.54, 1.807) is 0 Å². The second-order valence-electron chi connectivity index (χ2n) is 17.0. The quantitative estimate of drug-likeness (QED) is 0.244. The molecule has 0 aliphatic heterocycles. The average Bonchev–Trinajstić information content (AvgIpc) is 2.73. The van der Waals surface area contributed by atoms with Gasteiger partial charge in [-0.15, -0.1) is 0 Å². The van der Waals surface area contributed by atoms with Crippen molar-refractivity contribution in [2.45, 2.75) is 130 Å². The number of carbonyl (C=O) groups is 3. The third-order valence-electron chi connectivity index (χ3n) is 11.3. The van der Waals surface area contributed by atoms with E-state index in [1.165, 1.54) is 14.2 Å². The average molecular weight is 555 g/mol. The summed E-state index contributed by atoms with van der Waals surface area (Å²) in [5.74, 6) is -1.80. The van der Waals surface area contributed by atoms with E-state index in [0.29, 0.717) is 19.3 Å². The van der Waals surface area contributed by atoms with Crippen LogP contribution in [0, 0.1) is 49.2 Å². The lowest BCUT2D eigenvalue weighted by atomic mass is 9.45. The summed E-state index contributed by atoms with van der Waals surface area (Å²) in [6.07, 6.45) is 1.45. The lowest BCUT2D eigenvalue weighted by Gasteiger charge is -2.58. The van der Waals surface area contributed by atoms with Gasteiger partial charge in [0, 0.05) is 0 Å². The molecule has 0 aromatic rings. The topological polar surface area (TPSA) is 89.9 Å². The molecule has 0 saturated carbocycles. The summed E-state index contributed by atoms with van der Waals surface area (Å²) in [4.78, 5) is 39.5. The number of methoxy groups -OCH3 is 2. The Morgan fingerprint density at radius 1 is 0.641 bits per heavy atom. The highest BCUT2D eigenvalue weighted by Crippen LogP contribution is 2.63. The van der Waals surface area contributed by atoms with E-state index in [9.17, 15) is 19.5 Å². The first-order valence-electron chi connectivity index (χ1n) is 14.3. The molecule has 0 radical (unpaired) electrons. The number of carbonyl (C=O) groups excluding carboxylic acids is 2. The molecular weight excluding hydrogens is 492 g/mol. The maximum atomic E-state index is 13.8. The largest absolute Gasteiger partial charge is 0.481 e. The third-order valence-corrected chi connectivity index (χ3v) is 11.3. The van der Waals surface area contributed by atoms with E-state index < -0.39 is 43.9 Å². The fraction of sp³-hybridized carbons (Fsp3) is 0.909. The van der Waals surface area contributed by atoms with Crippen molar-refractivity contribution in [1.82, 2.24) is 0 Å². The van der Waals surface area contributed by atoms with Crippen molar-refractivity contribution in [3.8, 4) is 0 Å². The molecule has 0 aliphatic carbocycles. The van der Waals surface area contributed by atoms with Crippen molar-refractivity contribution >= 4 is 17.9 Å². The first-order valence-corrected chi connectivity index (χ1v) is 14.3. The summed E-state index contributed by atoms with van der Waals surface area (Å²) in [5, 5.41) is 10.3. The molecule has 0 fully saturated rings. The molecule has 0 amide bonds. The van der Waals surface area contributed by atoms with Crippen LogP contribution in [0.3, 0.4) is 0 Å². The Hall–Kier alpha value is -1.59. The molecule has 230 valence electrons. The van der Waals surface area contributed by atoms with Crippen LogP contribution in [0.25, 0.3) is 0 Å². The van der Waals surface area contributed by atoms with Gasteiger partial charge in [0.2, 0.25) is 0 Å². The van der Waals surface area contributed by atoms with Crippen LogP contribution in [-0.4, -0.2) is 37.2 Å². The zero-order valence-electron chi connectivity index (χ0n) is 28.7. The van der Waals surface area contributed by atoms with Crippen molar-refractivity contribution in [3.63, 3.8) is 0 Å². The van der Waals surface area contributed by atoms with Crippen LogP contribution in [0.1, 0.15) is 130 Å². The zero-order chi connectivity index (χ0) is 31.8. The van der Waals surface area contributed by atoms with Crippen LogP contribution >= 0.6 is 0 Å². The molecule has 0 saturated heterocycles. The molecular formula is C33H62O6. The molecule has 0 aromatic carbocycles. The summed E-state index contributed by atoms with van der Waals surface area (Å²) in [6.45, 7) is 32.6. The van der Waals surface area contributed by atoms with Gasteiger partial charge in [-0.25, -0.2) is 0 Å². The smallest absolute Gasteiger partial charge is 0.312 e. The number of carboxylic acids is 1. The van der Waals surface area contributed by atoms with Gasteiger partial charge in [-0.05, 0) is 65.6 Å². The Labute approximate surface area is 240 Å². The van der Waals surface area contributed by atoms with Crippen molar-refractivity contribution < 1.29 is 29.0 Å². The molecule has 0 aromatic heterocycles. The first-order chi connectivity index (χ1) is 16.9. The van der Waals surface area contributed by atoms with Gasteiger partial charge in [0.25, 0.3) is 0 Å². The minimum absolute atomic E-state index is 0.104. The highest BCUT2D eigenvalue weighted by Gasteiger charge is 2.62. The Morgan fingerprint density at radius 2 is 1.05 bits per heavy atom. The van der Waals surface area contributed by atoms with Gasteiger partial charge in [0.05, 0.1) is 31.0 Å². The first kappa shape index (κ1) is 37.4. The van der Waals surface area contributed by atoms with E-state index in [2.05, 4.69) is 76.2 Å². The molecule has 6 heteroatoms. The number of hydrogen-bond donors (Lipinski definition) is 1. The van der Waals surface area contributed by atoms with Crippen molar-refractivity contribution in [2.75, 3.05) is 14.2 Å². The summed E-state index contributed by atoms with van der Waals surface area (Å²) in [6, 6.07) is 0. The SMILES string of the molecule is COC(=O)C(CC(C)(C)C)C(C)(C)C(C)(C)CC(C)(C(=O)OC)C(C)(C)C(C)(C)CC(C)(C(=O)O)C(C)(C)C. The number of esters is 2. The van der Waals surface area contributed by atoms with Gasteiger partial charge in [0.15, 0.2) is 0 Å². The van der Waals surface area contributed by atoms with Crippen molar-refractivity contribution in [2.24, 2.45) is 49.2 Å². The predicted octanol–water partition coefficient (Wildman–Crippen LogP) is 8.41. The summed E-state index contributed by atoms with van der Waals surface area (Å²) in [5.41, 5.74) is -4.94. The van der Waals surface area contributed by atoms with E-state index >= 15 is 0 Å². The fourth-order valence-corrected chi connectivity index (χ4v) is 6.26. The van der Waals surface area contributed by atoms with E-state index in [1.807, 2.05) is 34.6 Å². The van der Waals surface area contributed by atoms with E-state index in [0.717, 1.165) is 0 Å². The molecule has 1 N–H and O–H groups in total. The monoisotopic (exact) mass is 554 g/mol. The van der Waals surface area contributed by atoms with Gasteiger partial charge in [-0.1, -0.05) is 96.9 Å². The second kappa shape index (κ2) is 11.4. The number of carboxylic acid groups (broad SMARTS) is 1. The molecule has 0 rings (SSSR count). The highest BCUT2D eigenvalue weighted by molar-refractivity contribution is 5.78. The van der Waals surface area contributed by atoms with Crippen LogP contribution < -0.4 is 0 Å². The molecule has 3 atom stereocenters. The van der Waals surface area contributed by atoms with Crippen LogP contribution in [0.4, 0.5) is 0 Å². The van der Waals surface area contributed by atoms with E-state index in [4.69, 9.17) is 9.47 Å². The Balaban J connectivity index is 7.03. The van der Waals surface area contributed by atoms with Gasteiger partial charge in [-0.2, -0.15) is 0 Å². The van der Waals surface area contributed by atoms with Crippen molar-refractivity contribution in [3.05, 3.63) is 0 Å². The van der Waals surface area contributed by atoms with Crippen LogP contribution in [0.5, 0.6) is 0 Å². The van der Waals surface area contributed by atoms with Gasteiger partial charge < -0.3 is 14.6 Å². The molecule has 39 heavy (non-hydrogen) atoms. The molecule has 0 aliphatic rings. The normalized spacial score (nSPS) is 18.0. The minimum Gasteiger partial charge on any atom is -0.481 e. The van der Waals surface area contributed by atoms with E-state index in [-0.39, 0.29) is 23.3 Å². The van der Waals surface area contributed by atoms with Crippen LogP contribution in [-0.2, 0) is 23.9 Å². The Bertz CT molecular complexity index is 896. The standard InChI is InChI=1S/C33H62O6/c1-26(2,3)19-22(23(34)38-17)30(11,12)28(7,8)20-33(16,25(37)39-18)31(13,14)29(9,10)21-32(15,24(35)36)27(4,5)6/h22H,19-21H2,1-18H3,(H,35,36). The fourth-order valence-electron chi connectivity index (χ4n) is 6.26. The lowest BCUT2D eigenvalue weighted by Crippen LogP contribution is -2.57. The van der Waals surface area contributed by atoms with Gasteiger partial charge >= 0.3 is 17.9 Å². The maximum absolute atomic E-state index is 13.8. The minimum atomic E-state index is -1.03. The Kier molecular flexibility index (Phi) is 10.9. The molecule has 3 unspecified atom stereocenters. The third kappa shape index (κ3) is 7.19. The van der Waals surface area contributed by atoms with Crippen LogP contribution in [0.2, 0.25) is 0 Å². The van der Waals surface area contributed by atoms with Gasteiger partial charge in [-0.3, -0.25) is 14.4 Å². The molecule has 0 spiro atoms. The number of rotatable bonds is 12. The lowest BCUT2D eigenvalue weighted by molar-refractivity contribution is -0.182. The van der Waals surface area contributed by atoms with Crippen LogP contribution in [0.15, 0.2) is 0 Å².